The third-order valence-corrected chi connectivity index (χ3v) is 5.21. The first-order valence-electron chi connectivity index (χ1n) is 7.69. The van der Waals surface area contributed by atoms with Crippen LogP contribution in [-0.4, -0.2) is 50.9 Å². The Morgan fingerprint density at radius 2 is 2.00 bits per heavy atom. The minimum atomic E-state index is -3.33. The molecule has 1 amide bonds. The van der Waals surface area contributed by atoms with Gasteiger partial charge in [0, 0.05) is 36.8 Å². The van der Waals surface area contributed by atoms with Gasteiger partial charge in [-0.25, -0.2) is 8.42 Å². The Labute approximate surface area is 136 Å². The Balaban J connectivity index is 1.89. The van der Waals surface area contributed by atoms with E-state index in [9.17, 15) is 18.3 Å². The van der Waals surface area contributed by atoms with Crippen molar-refractivity contribution in [2.75, 3.05) is 30.1 Å². The lowest BCUT2D eigenvalue weighted by molar-refractivity contribution is 0.0927. The van der Waals surface area contributed by atoms with Crippen molar-refractivity contribution < 1.29 is 18.3 Å². The number of carbonyl (C=O) groups is 1. The van der Waals surface area contributed by atoms with Crippen molar-refractivity contribution in [1.82, 2.24) is 10.6 Å². The molecular formula is C15H23N3O4S. The first-order valence-corrected chi connectivity index (χ1v) is 9.34. The van der Waals surface area contributed by atoms with E-state index in [-0.39, 0.29) is 17.6 Å². The van der Waals surface area contributed by atoms with Gasteiger partial charge in [-0.15, -0.1) is 0 Å². The van der Waals surface area contributed by atoms with E-state index < -0.39 is 16.1 Å². The van der Waals surface area contributed by atoms with E-state index in [4.69, 9.17) is 0 Å². The molecule has 0 aromatic heterocycles. The minimum absolute atomic E-state index is 0.0130. The summed E-state index contributed by atoms with van der Waals surface area (Å²) in [5.41, 5.74) is 0.884. The molecule has 4 N–H and O–H groups in total. The van der Waals surface area contributed by atoms with Gasteiger partial charge in [0.2, 0.25) is 10.0 Å². The number of hydrogen-bond donors (Lipinski definition) is 4. The molecule has 0 saturated carbocycles. The second-order valence-corrected chi connectivity index (χ2v) is 7.54. The van der Waals surface area contributed by atoms with Gasteiger partial charge in [-0.1, -0.05) is 6.92 Å². The molecule has 7 nitrogen and oxygen atoms in total. The summed E-state index contributed by atoms with van der Waals surface area (Å²) in [4.78, 5) is 12.1. The lowest BCUT2D eigenvalue weighted by Gasteiger charge is -2.14. The molecule has 2 atom stereocenters. The van der Waals surface area contributed by atoms with Crippen LogP contribution >= 0.6 is 0 Å². The van der Waals surface area contributed by atoms with E-state index in [1.54, 1.807) is 31.2 Å². The molecule has 1 aliphatic rings. The number of aliphatic hydroxyl groups is 1. The fourth-order valence-corrected chi connectivity index (χ4v) is 3.58. The third kappa shape index (κ3) is 5.19. The van der Waals surface area contributed by atoms with Crippen LogP contribution in [0.5, 0.6) is 0 Å². The molecule has 1 saturated heterocycles. The molecule has 1 aromatic rings. The van der Waals surface area contributed by atoms with Crippen LogP contribution in [0, 0.1) is 5.92 Å². The van der Waals surface area contributed by atoms with Gasteiger partial charge < -0.3 is 15.7 Å². The molecule has 23 heavy (non-hydrogen) atoms. The van der Waals surface area contributed by atoms with Crippen LogP contribution in [0.25, 0.3) is 0 Å². The quantitative estimate of drug-likeness (QED) is 0.565. The zero-order valence-electron chi connectivity index (χ0n) is 13.1. The number of aliphatic hydroxyl groups excluding tert-OH is 1. The van der Waals surface area contributed by atoms with Crippen LogP contribution < -0.4 is 15.4 Å². The Hall–Kier alpha value is -1.64. The molecule has 1 heterocycles. The van der Waals surface area contributed by atoms with Crippen LogP contribution in [0.4, 0.5) is 5.69 Å². The standard InChI is InChI=1S/C15H23N3O4S/c1-2-7-23(21,22)18-13-5-3-11(4-6-13)15(20)17-9-12-8-16-10-14(12)19/h3-6,12,14,16,18-19H,2,7-10H2,1H3,(H,17,20). The van der Waals surface area contributed by atoms with Crippen molar-refractivity contribution in [3.63, 3.8) is 0 Å². The smallest absolute Gasteiger partial charge is 0.251 e. The summed E-state index contributed by atoms with van der Waals surface area (Å²) in [5.74, 6) is -0.168. The topological polar surface area (TPSA) is 108 Å². The molecule has 2 rings (SSSR count). The molecule has 128 valence electrons. The van der Waals surface area contributed by atoms with Gasteiger partial charge in [0.05, 0.1) is 11.9 Å². The van der Waals surface area contributed by atoms with Crippen LogP contribution in [0.15, 0.2) is 24.3 Å². The minimum Gasteiger partial charge on any atom is -0.391 e. The first kappa shape index (κ1) is 17.7. The van der Waals surface area contributed by atoms with E-state index >= 15 is 0 Å². The van der Waals surface area contributed by atoms with Crippen molar-refractivity contribution in [2.24, 2.45) is 5.92 Å². The number of hydrogen-bond acceptors (Lipinski definition) is 5. The highest BCUT2D eigenvalue weighted by Gasteiger charge is 2.25. The van der Waals surface area contributed by atoms with Crippen LogP contribution in [0.3, 0.4) is 0 Å². The molecule has 0 radical (unpaired) electrons. The number of benzene rings is 1. The summed E-state index contributed by atoms with van der Waals surface area (Å²) in [6, 6.07) is 6.27. The summed E-state index contributed by atoms with van der Waals surface area (Å²) in [5, 5.41) is 15.5. The van der Waals surface area contributed by atoms with Crippen molar-refractivity contribution in [2.45, 2.75) is 19.4 Å². The maximum Gasteiger partial charge on any atom is 0.251 e. The second-order valence-electron chi connectivity index (χ2n) is 5.69. The summed E-state index contributed by atoms with van der Waals surface area (Å²) < 4.78 is 25.8. The Kier molecular flexibility index (Phi) is 5.97. The van der Waals surface area contributed by atoms with Crippen molar-refractivity contribution in [3.8, 4) is 0 Å². The Morgan fingerprint density at radius 1 is 1.30 bits per heavy atom. The van der Waals surface area contributed by atoms with Gasteiger partial charge in [-0.2, -0.15) is 0 Å². The number of anilines is 1. The first-order chi connectivity index (χ1) is 10.9. The molecule has 1 aromatic carbocycles. The number of sulfonamides is 1. The SMILES string of the molecule is CCCS(=O)(=O)Nc1ccc(C(=O)NCC2CNCC2O)cc1. The number of rotatable bonds is 7. The molecule has 1 fully saturated rings. The van der Waals surface area contributed by atoms with Crippen molar-refractivity contribution in [1.29, 1.82) is 0 Å². The molecule has 2 unspecified atom stereocenters. The van der Waals surface area contributed by atoms with Gasteiger partial charge in [0.15, 0.2) is 0 Å². The molecular weight excluding hydrogens is 318 g/mol. The largest absolute Gasteiger partial charge is 0.391 e. The van der Waals surface area contributed by atoms with E-state index in [0.29, 0.717) is 37.3 Å². The maximum atomic E-state index is 12.1. The zero-order valence-corrected chi connectivity index (χ0v) is 13.9. The van der Waals surface area contributed by atoms with Gasteiger partial charge in [0.25, 0.3) is 5.91 Å². The van der Waals surface area contributed by atoms with Crippen LogP contribution in [-0.2, 0) is 10.0 Å². The Bertz CT molecular complexity index is 631. The number of carbonyl (C=O) groups excluding carboxylic acids is 1. The normalized spacial score (nSPS) is 21.1. The maximum absolute atomic E-state index is 12.1. The Morgan fingerprint density at radius 3 is 2.57 bits per heavy atom. The fraction of sp³-hybridized carbons (Fsp3) is 0.533. The summed E-state index contributed by atoms with van der Waals surface area (Å²) in [6.45, 7) is 3.42. The van der Waals surface area contributed by atoms with Gasteiger partial charge in [0.1, 0.15) is 0 Å². The lowest BCUT2D eigenvalue weighted by Crippen LogP contribution is -2.34. The summed E-state index contributed by atoms with van der Waals surface area (Å²) in [7, 11) is -3.33. The molecule has 0 aliphatic carbocycles. The monoisotopic (exact) mass is 341 g/mol. The van der Waals surface area contributed by atoms with Crippen LogP contribution in [0.2, 0.25) is 0 Å². The second kappa shape index (κ2) is 7.76. The van der Waals surface area contributed by atoms with Gasteiger partial charge in [-0.05, 0) is 30.7 Å². The van der Waals surface area contributed by atoms with Gasteiger partial charge in [-0.3, -0.25) is 9.52 Å². The predicted octanol–water partition coefficient (Wildman–Crippen LogP) is 0.148. The number of nitrogens with one attached hydrogen (secondary N) is 3. The van der Waals surface area contributed by atoms with Gasteiger partial charge >= 0.3 is 0 Å². The summed E-state index contributed by atoms with van der Waals surface area (Å²) in [6.07, 6.45) is 0.100. The zero-order chi connectivity index (χ0) is 16.9. The molecule has 0 bridgehead atoms. The van der Waals surface area contributed by atoms with Crippen molar-refractivity contribution in [3.05, 3.63) is 29.8 Å². The average Bonchev–Trinajstić information content (AvgIpc) is 2.90. The highest BCUT2D eigenvalue weighted by Crippen LogP contribution is 2.12. The van der Waals surface area contributed by atoms with E-state index in [1.807, 2.05) is 0 Å². The highest BCUT2D eigenvalue weighted by atomic mass is 32.2. The molecule has 0 spiro atoms. The predicted molar refractivity (Wildman–Crippen MR) is 88.8 cm³/mol. The lowest BCUT2D eigenvalue weighted by atomic mass is 10.1. The third-order valence-electron chi connectivity index (χ3n) is 3.72. The molecule has 8 heteroatoms. The van der Waals surface area contributed by atoms with Crippen molar-refractivity contribution >= 4 is 21.6 Å². The number of amides is 1. The van der Waals surface area contributed by atoms with E-state index in [1.165, 1.54) is 0 Å². The molecule has 1 aliphatic heterocycles. The van der Waals surface area contributed by atoms with E-state index in [0.717, 1.165) is 0 Å². The number of β-amino-alcohol motifs (C(OH)–C–C–N with tert-alkyl or cyclic N) is 1. The fourth-order valence-electron chi connectivity index (χ4n) is 2.44. The van der Waals surface area contributed by atoms with Crippen LogP contribution in [0.1, 0.15) is 23.7 Å². The highest BCUT2D eigenvalue weighted by molar-refractivity contribution is 7.92. The summed E-state index contributed by atoms with van der Waals surface area (Å²) >= 11 is 0. The average molecular weight is 341 g/mol. The van der Waals surface area contributed by atoms with E-state index in [2.05, 4.69) is 15.4 Å².